The van der Waals surface area contributed by atoms with Crippen molar-refractivity contribution in [3.8, 4) is 0 Å². The summed E-state index contributed by atoms with van der Waals surface area (Å²) in [6.07, 6.45) is 4.09. The van der Waals surface area contributed by atoms with E-state index in [0.717, 1.165) is 24.0 Å². The minimum Gasteiger partial charge on any atom is -0.454 e. The summed E-state index contributed by atoms with van der Waals surface area (Å²) in [6.45, 7) is 1.09. The molecule has 1 aromatic heterocycles. The smallest absolute Gasteiger partial charge is 0.339 e. The van der Waals surface area contributed by atoms with Crippen LogP contribution in [0.2, 0.25) is 0 Å². The summed E-state index contributed by atoms with van der Waals surface area (Å²) in [5, 5.41) is 11.8. The number of para-hydroxylation sites is 1. The number of hydrogen-bond donors (Lipinski definition) is 0. The quantitative estimate of drug-likeness (QED) is 0.338. The molecule has 7 heteroatoms. The van der Waals surface area contributed by atoms with Crippen LogP contribution in [-0.2, 0) is 16.0 Å². The standard InChI is InChI=1S/C24H20N2O5/c1-15(27)14-31-24(28)22-19-9-2-3-11-21(19)25-23-17(7-5-10-20(22)23)12-16-6-4-8-18(13-16)26(29)30/h2-4,6,8-9,11-13H,5,7,10,14H2,1H3. The molecule has 4 rings (SSSR count). The van der Waals surface area contributed by atoms with Crippen LogP contribution in [0.4, 0.5) is 5.69 Å². The number of esters is 1. The van der Waals surface area contributed by atoms with E-state index in [1.165, 1.54) is 19.1 Å². The Hall–Kier alpha value is -3.87. The number of carbonyl (C=O) groups is 2. The monoisotopic (exact) mass is 416 g/mol. The van der Waals surface area contributed by atoms with Gasteiger partial charge in [-0.2, -0.15) is 0 Å². The summed E-state index contributed by atoms with van der Waals surface area (Å²) in [5.74, 6) is -0.770. The van der Waals surface area contributed by atoms with Gasteiger partial charge in [-0.15, -0.1) is 0 Å². The minimum atomic E-state index is -0.540. The van der Waals surface area contributed by atoms with E-state index < -0.39 is 10.9 Å². The zero-order chi connectivity index (χ0) is 22.0. The highest BCUT2D eigenvalue weighted by atomic mass is 16.6. The van der Waals surface area contributed by atoms with Crippen LogP contribution >= 0.6 is 0 Å². The molecule has 0 saturated carbocycles. The van der Waals surface area contributed by atoms with Crippen molar-refractivity contribution in [1.82, 2.24) is 4.98 Å². The summed E-state index contributed by atoms with van der Waals surface area (Å²) < 4.78 is 5.25. The fourth-order valence-electron chi connectivity index (χ4n) is 3.88. The molecule has 0 atom stereocenters. The number of carbonyl (C=O) groups excluding carboxylic acids is 2. The second-order valence-electron chi connectivity index (χ2n) is 7.48. The van der Waals surface area contributed by atoms with Crippen LogP contribution in [0.25, 0.3) is 22.6 Å². The lowest BCUT2D eigenvalue weighted by Gasteiger charge is -2.22. The number of aromatic nitrogens is 1. The van der Waals surface area contributed by atoms with Gasteiger partial charge in [-0.05, 0) is 55.0 Å². The average molecular weight is 416 g/mol. The minimum absolute atomic E-state index is 0.0188. The van der Waals surface area contributed by atoms with Gasteiger partial charge in [-0.3, -0.25) is 14.9 Å². The van der Waals surface area contributed by atoms with Gasteiger partial charge in [0, 0.05) is 17.5 Å². The van der Waals surface area contributed by atoms with Gasteiger partial charge in [0.05, 0.1) is 21.7 Å². The third kappa shape index (κ3) is 4.21. The molecule has 1 aliphatic rings. The summed E-state index contributed by atoms with van der Waals surface area (Å²) in [6, 6.07) is 13.8. The van der Waals surface area contributed by atoms with Crippen molar-refractivity contribution >= 4 is 40.0 Å². The molecule has 0 radical (unpaired) electrons. The molecule has 0 saturated heterocycles. The molecule has 0 aliphatic heterocycles. The molecule has 0 spiro atoms. The van der Waals surface area contributed by atoms with Crippen molar-refractivity contribution in [2.45, 2.75) is 26.2 Å². The zero-order valence-corrected chi connectivity index (χ0v) is 17.0. The topological polar surface area (TPSA) is 99.4 Å². The van der Waals surface area contributed by atoms with E-state index in [9.17, 15) is 19.7 Å². The number of nitrogens with zero attached hydrogens (tertiary/aromatic N) is 2. The highest BCUT2D eigenvalue weighted by molar-refractivity contribution is 6.07. The predicted octanol–water partition coefficient (Wildman–Crippen LogP) is 4.77. The maximum absolute atomic E-state index is 12.9. The van der Waals surface area contributed by atoms with Crippen LogP contribution in [-0.4, -0.2) is 28.3 Å². The van der Waals surface area contributed by atoms with Gasteiger partial charge in [0.1, 0.15) is 6.61 Å². The number of rotatable bonds is 5. The van der Waals surface area contributed by atoms with E-state index in [2.05, 4.69) is 0 Å². The predicted molar refractivity (Wildman–Crippen MR) is 117 cm³/mol. The summed E-state index contributed by atoms with van der Waals surface area (Å²) >= 11 is 0. The van der Waals surface area contributed by atoms with E-state index in [-0.39, 0.29) is 18.1 Å². The van der Waals surface area contributed by atoms with E-state index in [0.29, 0.717) is 34.1 Å². The third-order valence-electron chi connectivity index (χ3n) is 5.20. The Bertz CT molecular complexity index is 1250. The molecule has 0 bridgehead atoms. The molecule has 0 N–H and O–H groups in total. The van der Waals surface area contributed by atoms with Gasteiger partial charge in [0.15, 0.2) is 5.78 Å². The number of Topliss-reactive ketones (excluding diaryl/α,β-unsaturated/α-hetero) is 1. The zero-order valence-electron chi connectivity index (χ0n) is 17.0. The molecule has 0 unspecified atom stereocenters. The van der Waals surface area contributed by atoms with Gasteiger partial charge in [0.2, 0.25) is 0 Å². The van der Waals surface area contributed by atoms with Gasteiger partial charge < -0.3 is 4.74 Å². The first-order valence-corrected chi connectivity index (χ1v) is 9.97. The Morgan fingerprint density at radius 1 is 1.16 bits per heavy atom. The van der Waals surface area contributed by atoms with Crippen LogP contribution in [0, 0.1) is 10.1 Å². The number of ketones is 1. The summed E-state index contributed by atoms with van der Waals surface area (Å²) in [4.78, 5) is 39.7. The van der Waals surface area contributed by atoms with Crippen molar-refractivity contribution in [3.05, 3.63) is 81.0 Å². The molecule has 1 aliphatic carbocycles. The summed E-state index contributed by atoms with van der Waals surface area (Å²) in [7, 11) is 0. The molecule has 156 valence electrons. The highest BCUT2D eigenvalue weighted by Crippen LogP contribution is 2.36. The average Bonchev–Trinajstić information content (AvgIpc) is 2.76. The van der Waals surface area contributed by atoms with E-state index in [1.807, 2.05) is 30.3 Å². The van der Waals surface area contributed by atoms with E-state index >= 15 is 0 Å². The molecular weight excluding hydrogens is 396 g/mol. The van der Waals surface area contributed by atoms with Gasteiger partial charge in [-0.1, -0.05) is 30.3 Å². The Labute approximate surface area is 178 Å². The van der Waals surface area contributed by atoms with E-state index in [4.69, 9.17) is 9.72 Å². The first-order chi connectivity index (χ1) is 14.9. The number of allylic oxidation sites excluding steroid dienone is 1. The van der Waals surface area contributed by atoms with Crippen LogP contribution in [0.1, 0.15) is 46.9 Å². The Morgan fingerprint density at radius 3 is 2.74 bits per heavy atom. The van der Waals surface area contributed by atoms with Gasteiger partial charge >= 0.3 is 5.97 Å². The van der Waals surface area contributed by atoms with E-state index in [1.54, 1.807) is 12.1 Å². The van der Waals surface area contributed by atoms with Crippen molar-refractivity contribution < 1.29 is 19.2 Å². The first kappa shape index (κ1) is 20.4. The van der Waals surface area contributed by atoms with Crippen LogP contribution in [0.5, 0.6) is 0 Å². The third-order valence-corrected chi connectivity index (χ3v) is 5.20. The Morgan fingerprint density at radius 2 is 1.97 bits per heavy atom. The second-order valence-corrected chi connectivity index (χ2v) is 7.48. The number of pyridine rings is 1. The molecule has 0 amide bonds. The number of ether oxygens (including phenoxy) is 1. The molecule has 2 aromatic carbocycles. The van der Waals surface area contributed by atoms with Crippen molar-refractivity contribution in [1.29, 1.82) is 0 Å². The van der Waals surface area contributed by atoms with Crippen molar-refractivity contribution in [2.75, 3.05) is 6.61 Å². The van der Waals surface area contributed by atoms with Crippen LogP contribution in [0.3, 0.4) is 0 Å². The molecule has 3 aromatic rings. The molecule has 1 heterocycles. The molecular formula is C24H20N2O5. The number of non-ortho nitro benzene ring substituents is 1. The Kier molecular flexibility index (Phi) is 5.58. The lowest BCUT2D eigenvalue weighted by Crippen LogP contribution is -2.17. The number of nitro groups is 1. The summed E-state index contributed by atoms with van der Waals surface area (Å²) in [5.41, 5.74) is 4.21. The molecule has 31 heavy (non-hydrogen) atoms. The Balaban J connectivity index is 1.86. The largest absolute Gasteiger partial charge is 0.454 e. The number of benzene rings is 2. The fourth-order valence-corrected chi connectivity index (χ4v) is 3.88. The number of hydrogen-bond acceptors (Lipinski definition) is 6. The van der Waals surface area contributed by atoms with Gasteiger partial charge in [-0.25, -0.2) is 9.78 Å². The van der Waals surface area contributed by atoms with Crippen LogP contribution in [0.15, 0.2) is 48.5 Å². The molecule has 0 fully saturated rings. The maximum Gasteiger partial charge on any atom is 0.339 e. The highest BCUT2D eigenvalue weighted by Gasteiger charge is 2.26. The SMILES string of the molecule is CC(=O)COC(=O)c1c2c(nc3ccccc13)C(=Cc1cccc([N+](=O)[O-])c1)CCC2. The maximum atomic E-state index is 12.9. The second kappa shape index (κ2) is 8.47. The van der Waals surface area contributed by atoms with Crippen LogP contribution < -0.4 is 0 Å². The van der Waals surface area contributed by atoms with Gasteiger partial charge in [0.25, 0.3) is 5.69 Å². The fraction of sp³-hybridized carbons (Fsp3) is 0.208. The number of nitro benzene ring substituents is 1. The first-order valence-electron chi connectivity index (χ1n) is 9.97. The lowest BCUT2D eigenvalue weighted by molar-refractivity contribution is -0.384. The molecule has 7 nitrogen and oxygen atoms in total. The normalized spacial score (nSPS) is 14.3. The number of fused-ring (bicyclic) bond motifs is 2. The lowest BCUT2D eigenvalue weighted by atomic mass is 9.86. The van der Waals surface area contributed by atoms with Crippen molar-refractivity contribution in [2.24, 2.45) is 0 Å². The van der Waals surface area contributed by atoms with Crippen molar-refractivity contribution in [3.63, 3.8) is 0 Å².